The van der Waals surface area contributed by atoms with E-state index in [1.54, 1.807) is 0 Å². The summed E-state index contributed by atoms with van der Waals surface area (Å²) >= 11 is 0. The molecule has 2 rings (SSSR count). The molecule has 1 atom stereocenters. The lowest BCUT2D eigenvalue weighted by molar-refractivity contribution is -0.127. The summed E-state index contributed by atoms with van der Waals surface area (Å²) in [7, 11) is 0. The third-order valence-corrected chi connectivity index (χ3v) is 2.85. The summed E-state index contributed by atoms with van der Waals surface area (Å²) in [4.78, 5) is 13.7. The van der Waals surface area contributed by atoms with Crippen molar-refractivity contribution in [2.45, 2.75) is 13.0 Å². The summed E-state index contributed by atoms with van der Waals surface area (Å²) in [5, 5.41) is 3.25. The van der Waals surface area contributed by atoms with Gasteiger partial charge in [0.2, 0.25) is 0 Å². The van der Waals surface area contributed by atoms with Crippen molar-refractivity contribution in [3.63, 3.8) is 0 Å². The van der Waals surface area contributed by atoms with E-state index in [-0.39, 0.29) is 11.9 Å². The monoisotopic (exact) mass is 228 g/mol. The fourth-order valence-electron chi connectivity index (χ4n) is 1.86. The maximum Gasteiger partial charge on any atom is 0.299 e. The zero-order valence-electron chi connectivity index (χ0n) is 9.94. The maximum atomic E-state index is 11.9. The van der Waals surface area contributed by atoms with Crippen LogP contribution >= 0.6 is 0 Å². The molecule has 1 aromatic carbocycles. The number of piperazine rings is 1. The third kappa shape index (κ3) is 3.08. The smallest absolute Gasteiger partial charge is 0.299 e. The minimum Gasteiger partial charge on any atom is -0.327 e. The Morgan fingerprint density at radius 1 is 1.41 bits per heavy atom. The van der Waals surface area contributed by atoms with Gasteiger partial charge >= 0.3 is 0 Å². The quantitative estimate of drug-likeness (QED) is 0.668. The zero-order chi connectivity index (χ0) is 12.1. The molecule has 0 spiro atoms. The van der Waals surface area contributed by atoms with Crippen LogP contribution < -0.4 is 5.32 Å². The Bertz CT molecular complexity index is 444. The van der Waals surface area contributed by atoms with E-state index < -0.39 is 0 Å². The average molecular weight is 228 g/mol. The van der Waals surface area contributed by atoms with Crippen LogP contribution in [0.4, 0.5) is 0 Å². The highest BCUT2D eigenvalue weighted by molar-refractivity contribution is 5.94. The molecule has 1 N–H and O–H groups in total. The molecule has 3 nitrogen and oxygen atoms in total. The minimum atomic E-state index is -0.0807. The second-order valence-electron chi connectivity index (χ2n) is 4.17. The van der Waals surface area contributed by atoms with Crippen molar-refractivity contribution in [3.8, 4) is 11.8 Å². The van der Waals surface area contributed by atoms with Crippen LogP contribution in [0.15, 0.2) is 30.3 Å². The molecule has 1 saturated heterocycles. The van der Waals surface area contributed by atoms with Gasteiger partial charge in [0.15, 0.2) is 0 Å². The van der Waals surface area contributed by atoms with E-state index in [4.69, 9.17) is 0 Å². The number of carbonyl (C=O) groups excluding carboxylic acids is 1. The van der Waals surface area contributed by atoms with Gasteiger partial charge in [-0.1, -0.05) is 24.1 Å². The van der Waals surface area contributed by atoms with E-state index in [2.05, 4.69) is 17.2 Å². The average Bonchev–Trinajstić information content (AvgIpc) is 2.38. The van der Waals surface area contributed by atoms with Gasteiger partial charge in [-0.05, 0) is 19.1 Å². The van der Waals surface area contributed by atoms with Crippen LogP contribution in [0, 0.1) is 11.8 Å². The van der Waals surface area contributed by atoms with E-state index in [0.29, 0.717) is 0 Å². The first-order valence-electron chi connectivity index (χ1n) is 5.86. The number of nitrogens with one attached hydrogen (secondary N) is 1. The highest BCUT2D eigenvalue weighted by Gasteiger charge is 2.21. The van der Waals surface area contributed by atoms with Crippen LogP contribution in [0.3, 0.4) is 0 Å². The van der Waals surface area contributed by atoms with Crippen LogP contribution in [-0.4, -0.2) is 36.5 Å². The molecule has 88 valence electrons. The van der Waals surface area contributed by atoms with Crippen LogP contribution in [0.1, 0.15) is 12.5 Å². The largest absolute Gasteiger partial charge is 0.327 e. The Hall–Kier alpha value is -1.79. The number of rotatable bonds is 0. The topological polar surface area (TPSA) is 32.3 Å². The van der Waals surface area contributed by atoms with Crippen LogP contribution in [0.5, 0.6) is 0 Å². The van der Waals surface area contributed by atoms with Gasteiger partial charge in [0, 0.05) is 37.2 Å². The van der Waals surface area contributed by atoms with Crippen molar-refractivity contribution in [1.82, 2.24) is 10.2 Å². The summed E-state index contributed by atoms with van der Waals surface area (Å²) in [6, 6.07) is 9.80. The summed E-state index contributed by atoms with van der Waals surface area (Å²) in [5.74, 6) is 5.53. The second-order valence-corrected chi connectivity index (χ2v) is 4.17. The van der Waals surface area contributed by atoms with Gasteiger partial charge in [0.05, 0.1) is 0 Å². The molecule has 1 fully saturated rings. The molecule has 0 unspecified atom stereocenters. The molecule has 1 aliphatic rings. The van der Waals surface area contributed by atoms with Gasteiger partial charge in [-0.25, -0.2) is 0 Å². The summed E-state index contributed by atoms with van der Waals surface area (Å²) in [5.41, 5.74) is 0.878. The predicted octanol–water partition coefficient (Wildman–Crippen LogP) is 0.858. The summed E-state index contributed by atoms with van der Waals surface area (Å²) in [6.07, 6.45) is 0. The highest BCUT2D eigenvalue weighted by Crippen LogP contribution is 2.02. The lowest BCUT2D eigenvalue weighted by Gasteiger charge is -2.32. The molecule has 17 heavy (non-hydrogen) atoms. The molecule has 1 aliphatic heterocycles. The van der Waals surface area contributed by atoms with Crippen LogP contribution in [-0.2, 0) is 4.79 Å². The molecule has 3 heteroatoms. The minimum absolute atomic E-state index is 0.0807. The van der Waals surface area contributed by atoms with E-state index >= 15 is 0 Å². The highest BCUT2D eigenvalue weighted by atomic mass is 16.2. The summed E-state index contributed by atoms with van der Waals surface area (Å²) < 4.78 is 0. The lowest BCUT2D eigenvalue weighted by atomic mass is 10.2. The SMILES string of the molecule is C[C@@H]1CNCCN1C(=O)C#Cc1ccccc1. The maximum absolute atomic E-state index is 11.9. The van der Waals surface area contributed by atoms with Crippen molar-refractivity contribution < 1.29 is 4.79 Å². The van der Waals surface area contributed by atoms with Gasteiger partial charge in [-0.3, -0.25) is 4.79 Å². The molecule has 1 aromatic rings. The molecule has 0 aliphatic carbocycles. The van der Waals surface area contributed by atoms with Gasteiger partial charge in [-0.2, -0.15) is 0 Å². The Morgan fingerprint density at radius 3 is 2.88 bits per heavy atom. The first-order valence-corrected chi connectivity index (χ1v) is 5.86. The molecule has 1 amide bonds. The predicted molar refractivity (Wildman–Crippen MR) is 67.4 cm³/mol. The standard InChI is InChI=1S/C14H16N2O/c1-12-11-15-9-10-16(12)14(17)8-7-13-5-3-2-4-6-13/h2-6,12,15H,9-11H2,1H3/t12-/m1/s1. The second kappa shape index (κ2) is 5.51. The number of carbonyl (C=O) groups is 1. The first kappa shape index (κ1) is 11.7. The number of benzene rings is 1. The van der Waals surface area contributed by atoms with Crippen LogP contribution in [0.25, 0.3) is 0 Å². The lowest BCUT2D eigenvalue weighted by Crippen LogP contribution is -2.51. The Balaban J connectivity index is 2.04. The Kier molecular flexibility index (Phi) is 3.79. The Labute approximate surface area is 102 Å². The fourth-order valence-corrected chi connectivity index (χ4v) is 1.86. The Morgan fingerprint density at radius 2 is 2.18 bits per heavy atom. The zero-order valence-corrected chi connectivity index (χ0v) is 9.94. The molecule has 0 saturated carbocycles. The van der Waals surface area contributed by atoms with Crippen molar-refractivity contribution in [3.05, 3.63) is 35.9 Å². The number of amides is 1. The normalized spacial score (nSPS) is 19.4. The van der Waals surface area contributed by atoms with Crippen LogP contribution in [0.2, 0.25) is 0 Å². The molecular formula is C14H16N2O. The van der Waals surface area contributed by atoms with Gasteiger partial charge in [-0.15, -0.1) is 0 Å². The van der Waals surface area contributed by atoms with E-state index in [1.165, 1.54) is 0 Å². The van der Waals surface area contributed by atoms with E-state index in [9.17, 15) is 4.79 Å². The van der Waals surface area contributed by atoms with Crippen molar-refractivity contribution in [2.24, 2.45) is 0 Å². The first-order chi connectivity index (χ1) is 8.27. The van der Waals surface area contributed by atoms with Gasteiger partial charge in [0.1, 0.15) is 0 Å². The number of hydrogen-bond acceptors (Lipinski definition) is 2. The van der Waals surface area contributed by atoms with E-state index in [0.717, 1.165) is 25.2 Å². The van der Waals surface area contributed by atoms with Crippen molar-refractivity contribution in [2.75, 3.05) is 19.6 Å². The third-order valence-electron chi connectivity index (χ3n) is 2.85. The van der Waals surface area contributed by atoms with Gasteiger partial charge in [0.25, 0.3) is 5.91 Å². The van der Waals surface area contributed by atoms with Crippen molar-refractivity contribution in [1.29, 1.82) is 0 Å². The molecule has 0 bridgehead atoms. The van der Waals surface area contributed by atoms with Crippen molar-refractivity contribution >= 4 is 5.91 Å². The molecule has 0 radical (unpaired) electrons. The number of nitrogens with zero attached hydrogens (tertiary/aromatic N) is 1. The summed E-state index contributed by atoms with van der Waals surface area (Å²) in [6.45, 7) is 4.47. The van der Waals surface area contributed by atoms with E-state index in [1.807, 2.05) is 42.2 Å². The van der Waals surface area contributed by atoms with Gasteiger partial charge < -0.3 is 10.2 Å². The fraction of sp³-hybridized carbons (Fsp3) is 0.357. The molecule has 0 aromatic heterocycles. The molecule has 1 heterocycles. The number of hydrogen-bond donors (Lipinski definition) is 1. The molecular weight excluding hydrogens is 212 g/mol.